The van der Waals surface area contributed by atoms with Crippen LogP contribution in [0.2, 0.25) is 0 Å². The van der Waals surface area contributed by atoms with Gasteiger partial charge in [-0.15, -0.1) is 0 Å². The van der Waals surface area contributed by atoms with Crippen molar-refractivity contribution in [3.05, 3.63) is 12.2 Å². The van der Waals surface area contributed by atoms with Crippen LogP contribution in [0, 0.1) is 5.92 Å². The summed E-state index contributed by atoms with van der Waals surface area (Å²) in [5.41, 5.74) is 0. The van der Waals surface area contributed by atoms with Crippen molar-refractivity contribution >= 4 is 5.91 Å². The standard InChI is InChI=1S/C20H32N2O3/c23-11-3-4-15-12-17(13-15)21-9-7-16(8-10-21)22-18-5-1-2-6-19(18)25-14-20(22)24/h3-4,15-19,23H,1-2,5-14H2/b4-3+/t15?,17?,18-,19-/m0/s1. The van der Waals surface area contributed by atoms with Crippen LogP contribution in [0.15, 0.2) is 12.2 Å². The number of piperidine rings is 1. The Morgan fingerprint density at radius 1 is 1.08 bits per heavy atom. The molecule has 0 aromatic carbocycles. The van der Waals surface area contributed by atoms with Gasteiger partial charge in [-0.25, -0.2) is 0 Å². The molecule has 2 aliphatic carbocycles. The molecule has 5 heteroatoms. The first-order valence-electron chi connectivity index (χ1n) is 10.2. The van der Waals surface area contributed by atoms with Gasteiger partial charge in [0.25, 0.3) is 0 Å². The van der Waals surface area contributed by atoms with E-state index in [9.17, 15) is 4.79 Å². The molecule has 4 fully saturated rings. The molecule has 0 spiro atoms. The van der Waals surface area contributed by atoms with Gasteiger partial charge < -0.3 is 19.6 Å². The molecule has 1 amide bonds. The summed E-state index contributed by atoms with van der Waals surface area (Å²) in [7, 11) is 0. The van der Waals surface area contributed by atoms with E-state index in [1.807, 2.05) is 6.08 Å². The Balaban J connectivity index is 1.29. The number of carbonyl (C=O) groups is 1. The molecule has 2 saturated heterocycles. The summed E-state index contributed by atoms with van der Waals surface area (Å²) in [6.45, 7) is 2.69. The number of rotatable bonds is 4. The molecule has 2 aliphatic heterocycles. The zero-order valence-corrected chi connectivity index (χ0v) is 15.2. The number of nitrogens with zero attached hydrogens (tertiary/aromatic N) is 2. The second-order valence-electron chi connectivity index (χ2n) is 8.27. The minimum atomic E-state index is 0.155. The van der Waals surface area contributed by atoms with Crippen LogP contribution in [0.1, 0.15) is 51.4 Å². The molecule has 0 aromatic heterocycles. The van der Waals surface area contributed by atoms with E-state index in [1.165, 1.54) is 25.7 Å². The number of likely N-dealkylation sites (tertiary alicyclic amines) is 1. The minimum absolute atomic E-state index is 0.155. The highest BCUT2D eigenvalue weighted by Crippen LogP contribution is 2.36. The molecule has 0 radical (unpaired) electrons. The molecular formula is C20H32N2O3. The van der Waals surface area contributed by atoms with Crippen molar-refractivity contribution in [2.24, 2.45) is 5.92 Å². The van der Waals surface area contributed by atoms with Crippen LogP contribution >= 0.6 is 0 Å². The minimum Gasteiger partial charge on any atom is -0.392 e. The van der Waals surface area contributed by atoms with Gasteiger partial charge in [0.05, 0.1) is 18.8 Å². The molecule has 25 heavy (non-hydrogen) atoms. The first-order chi connectivity index (χ1) is 12.3. The van der Waals surface area contributed by atoms with E-state index in [-0.39, 0.29) is 18.6 Å². The maximum Gasteiger partial charge on any atom is 0.249 e. The highest BCUT2D eigenvalue weighted by atomic mass is 16.5. The Labute approximate surface area is 151 Å². The second-order valence-corrected chi connectivity index (χ2v) is 8.27. The molecule has 2 saturated carbocycles. The Morgan fingerprint density at radius 2 is 1.84 bits per heavy atom. The van der Waals surface area contributed by atoms with Crippen molar-refractivity contribution in [3.63, 3.8) is 0 Å². The van der Waals surface area contributed by atoms with Gasteiger partial charge in [0.2, 0.25) is 5.91 Å². The number of hydrogen-bond acceptors (Lipinski definition) is 4. The van der Waals surface area contributed by atoms with Crippen LogP contribution in [0.25, 0.3) is 0 Å². The molecule has 4 aliphatic rings. The van der Waals surface area contributed by atoms with Crippen molar-refractivity contribution in [1.82, 2.24) is 9.80 Å². The molecule has 0 aromatic rings. The Morgan fingerprint density at radius 3 is 2.60 bits per heavy atom. The van der Waals surface area contributed by atoms with Crippen molar-refractivity contribution in [2.45, 2.75) is 75.6 Å². The van der Waals surface area contributed by atoms with Gasteiger partial charge in [0, 0.05) is 25.2 Å². The average Bonchev–Trinajstić information content (AvgIpc) is 2.61. The first-order valence-corrected chi connectivity index (χ1v) is 10.2. The zero-order valence-electron chi connectivity index (χ0n) is 15.2. The van der Waals surface area contributed by atoms with E-state index in [1.54, 1.807) is 0 Å². The molecule has 0 bridgehead atoms. The van der Waals surface area contributed by atoms with Gasteiger partial charge in [-0.2, -0.15) is 0 Å². The quantitative estimate of drug-likeness (QED) is 0.789. The van der Waals surface area contributed by atoms with Crippen LogP contribution in [-0.2, 0) is 9.53 Å². The molecule has 2 atom stereocenters. The Bertz CT molecular complexity index is 495. The summed E-state index contributed by atoms with van der Waals surface area (Å²) in [5, 5.41) is 8.87. The van der Waals surface area contributed by atoms with Gasteiger partial charge in [0.1, 0.15) is 6.61 Å². The van der Waals surface area contributed by atoms with Crippen molar-refractivity contribution in [2.75, 3.05) is 26.3 Å². The number of ether oxygens (including phenoxy) is 1. The van der Waals surface area contributed by atoms with Crippen LogP contribution in [0.5, 0.6) is 0 Å². The highest BCUT2D eigenvalue weighted by molar-refractivity contribution is 5.79. The number of fused-ring (bicyclic) bond motifs is 1. The predicted molar refractivity (Wildman–Crippen MR) is 96.2 cm³/mol. The molecular weight excluding hydrogens is 316 g/mol. The predicted octanol–water partition coefficient (Wildman–Crippen LogP) is 1.95. The van der Waals surface area contributed by atoms with Gasteiger partial charge in [-0.05, 0) is 44.4 Å². The lowest BCUT2D eigenvalue weighted by atomic mass is 9.78. The lowest BCUT2D eigenvalue weighted by molar-refractivity contribution is -0.167. The van der Waals surface area contributed by atoms with E-state index in [0.29, 0.717) is 30.7 Å². The van der Waals surface area contributed by atoms with E-state index in [4.69, 9.17) is 9.84 Å². The number of allylic oxidation sites excluding steroid dienone is 1. The van der Waals surface area contributed by atoms with Gasteiger partial charge >= 0.3 is 0 Å². The van der Waals surface area contributed by atoms with Gasteiger partial charge in [-0.3, -0.25) is 4.79 Å². The summed E-state index contributed by atoms with van der Waals surface area (Å²) in [4.78, 5) is 17.4. The topological polar surface area (TPSA) is 53.0 Å². The monoisotopic (exact) mass is 348 g/mol. The summed E-state index contributed by atoms with van der Waals surface area (Å²) in [5.74, 6) is 0.873. The third-order valence-corrected chi connectivity index (χ3v) is 6.81. The van der Waals surface area contributed by atoms with E-state index in [2.05, 4.69) is 15.9 Å². The molecule has 0 unspecified atom stereocenters. The molecule has 140 valence electrons. The first kappa shape index (κ1) is 17.5. The van der Waals surface area contributed by atoms with E-state index >= 15 is 0 Å². The maximum atomic E-state index is 12.5. The van der Waals surface area contributed by atoms with Crippen LogP contribution in [0.4, 0.5) is 0 Å². The smallest absolute Gasteiger partial charge is 0.249 e. The Kier molecular flexibility index (Phi) is 5.44. The molecule has 5 nitrogen and oxygen atoms in total. The normalized spacial score (nSPS) is 38.0. The number of aliphatic hydroxyl groups is 1. The average molecular weight is 348 g/mol. The van der Waals surface area contributed by atoms with Crippen LogP contribution in [0.3, 0.4) is 0 Å². The van der Waals surface area contributed by atoms with Gasteiger partial charge in [-0.1, -0.05) is 25.0 Å². The van der Waals surface area contributed by atoms with Crippen LogP contribution in [-0.4, -0.2) is 71.3 Å². The molecule has 1 N–H and O–H groups in total. The van der Waals surface area contributed by atoms with Crippen molar-refractivity contribution in [1.29, 1.82) is 0 Å². The number of hydrogen-bond donors (Lipinski definition) is 1. The maximum absolute atomic E-state index is 12.5. The summed E-state index contributed by atoms with van der Waals surface area (Å²) >= 11 is 0. The fourth-order valence-electron chi connectivity index (χ4n) is 5.37. The zero-order chi connectivity index (χ0) is 17.2. The summed E-state index contributed by atoms with van der Waals surface area (Å²) < 4.78 is 5.82. The lowest BCUT2D eigenvalue weighted by Gasteiger charge is -2.51. The molecule has 2 heterocycles. The van der Waals surface area contributed by atoms with Crippen molar-refractivity contribution < 1.29 is 14.6 Å². The van der Waals surface area contributed by atoms with Crippen LogP contribution < -0.4 is 0 Å². The number of amides is 1. The van der Waals surface area contributed by atoms with Crippen molar-refractivity contribution in [3.8, 4) is 0 Å². The third kappa shape index (κ3) is 3.64. The highest BCUT2D eigenvalue weighted by Gasteiger charge is 2.43. The number of morpholine rings is 1. The fraction of sp³-hybridized carbons (Fsp3) is 0.850. The molecule has 4 rings (SSSR count). The number of aliphatic hydroxyl groups excluding tert-OH is 1. The largest absolute Gasteiger partial charge is 0.392 e. The third-order valence-electron chi connectivity index (χ3n) is 6.81. The SMILES string of the molecule is O=C1CO[C@H]2CCCC[C@@H]2N1C1CCN(C2CC(/C=C/CO)C2)CC1. The number of carbonyl (C=O) groups excluding carboxylic acids is 1. The second kappa shape index (κ2) is 7.77. The van der Waals surface area contributed by atoms with E-state index in [0.717, 1.165) is 38.8 Å². The summed E-state index contributed by atoms with van der Waals surface area (Å²) in [6.07, 6.45) is 13.7. The Hall–Kier alpha value is -0.910. The fourth-order valence-corrected chi connectivity index (χ4v) is 5.37. The van der Waals surface area contributed by atoms with Gasteiger partial charge in [0.15, 0.2) is 0 Å². The van der Waals surface area contributed by atoms with E-state index < -0.39 is 0 Å². The lowest BCUT2D eigenvalue weighted by Crippen LogP contribution is -2.61. The summed E-state index contributed by atoms with van der Waals surface area (Å²) in [6, 6.07) is 1.46.